The molecule has 0 amide bonds. The van der Waals surface area contributed by atoms with Gasteiger partial charge >= 0.3 is 0 Å². The van der Waals surface area contributed by atoms with E-state index in [1.165, 1.54) is 16.8 Å². The first kappa shape index (κ1) is 15.2. The lowest BCUT2D eigenvalue weighted by Gasteiger charge is -2.14. The largest absolute Gasteiger partial charge is 0.494 e. The van der Waals surface area contributed by atoms with Crippen LogP contribution in [0.5, 0.6) is 5.75 Å². The SMILES string of the molecule is CCOc1ccc(NCc2ccc(N(C)C)cc2)c(C)c1. The highest BCUT2D eigenvalue weighted by Gasteiger charge is 2.01. The van der Waals surface area contributed by atoms with Crippen molar-refractivity contribution in [3.05, 3.63) is 53.6 Å². The monoisotopic (exact) mass is 284 g/mol. The summed E-state index contributed by atoms with van der Waals surface area (Å²) in [5, 5.41) is 3.48. The van der Waals surface area contributed by atoms with Crippen LogP contribution in [0.3, 0.4) is 0 Å². The van der Waals surface area contributed by atoms with Crippen molar-refractivity contribution >= 4 is 11.4 Å². The number of benzene rings is 2. The minimum atomic E-state index is 0.699. The van der Waals surface area contributed by atoms with Crippen LogP contribution in [0.1, 0.15) is 18.1 Å². The van der Waals surface area contributed by atoms with E-state index >= 15 is 0 Å². The van der Waals surface area contributed by atoms with E-state index in [1.807, 2.05) is 13.0 Å². The highest BCUT2D eigenvalue weighted by Crippen LogP contribution is 2.22. The van der Waals surface area contributed by atoms with Gasteiger partial charge in [0.25, 0.3) is 0 Å². The molecule has 0 heterocycles. The Morgan fingerprint density at radius 2 is 1.76 bits per heavy atom. The highest BCUT2D eigenvalue weighted by molar-refractivity contribution is 5.54. The highest BCUT2D eigenvalue weighted by atomic mass is 16.5. The van der Waals surface area contributed by atoms with Gasteiger partial charge in [0.05, 0.1) is 6.61 Å². The van der Waals surface area contributed by atoms with E-state index in [0.29, 0.717) is 6.61 Å². The Morgan fingerprint density at radius 3 is 2.33 bits per heavy atom. The van der Waals surface area contributed by atoms with Gasteiger partial charge in [0.1, 0.15) is 5.75 Å². The van der Waals surface area contributed by atoms with Gasteiger partial charge in [-0.25, -0.2) is 0 Å². The van der Waals surface area contributed by atoms with E-state index in [1.54, 1.807) is 0 Å². The first-order chi connectivity index (χ1) is 10.1. The number of rotatable bonds is 6. The topological polar surface area (TPSA) is 24.5 Å². The third-order valence-corrected chi connectivity index (χ3v) is 3.44. The number of hydrogen-bond donors (Lipinski definition) is 1. The maximum Gasteiger partial charge on any atom is 0.119 e. The Morgan fingerprint density at radius 1 is 1.05 bits per heavy atom. The third-order valence-electron chi connectivity index (χ3n) is 3.44. The van der Waals surface area contributed by atoms with Crippen molar-refractivity contribution in [3.8, 4) is 5.75 Å². The second-order valence-electron chi connectivity index (χ2n) is 5.32. The molecule has 0 aliphatic carbocycles. The minimum Gasteiger partial charge on any atom is -0.494 e. The first-order valence-electron chi connectivity index (χ1n) is 7.33. The number of nitrogens with one attached hydrogen (secondary N) is 1. The summed E-state index contributed by atoms with van der Waals surface area (Å²) in [7, 11) is 4.10. The maximum atomic E-state index is 5.51. The zero-order valence-electron chi connectivity index (χ0n) is 13.3. The molecule has 2 aromatic carbocycles. The molecule has 1 N–H and O–H groups in total. The van der Waals surface area contributed by atoms with Crippen LogP contribution in [0.15, 0.2) is 42.5 Å². The number of aryl methyl sites for hydroxylation is 1. The molecule has 0 bridgehead atoms. The van der Waals surface area contributed by atoms with E-state index in [4.69, 9.17) is 4.74 Å². The molecule has 0 spiro atoms. The standard InChI is InChI=1S/C18H24N2O/c1-5-21-17-10-11-18(14(2)12-17)19-13-15-6-8-16(9-7-15)20(3)4/h6-12,19H,5,13H2,1-4H3. The Bertz CT molecular complexity index is 576. The number of hydrogen-bond acceptors (Lipinski definition) is 3. The number of ether oxygens (including phenoxy) is 1. The molecule has 0 unspecified atom stereocenters. The molecule has 21 heavy (non-hydrogen) atoms. The molecule has 112 valence electrons. The normalized spacial score (nSPS) is 10.3. The first-order valence-corrected chi connectivity index (χ1v) is 7.33. The summed E-state index contributed by atoms with van der Waals surface area (Å²) in [6.45, 7) is 5.62. The number of anilines is 2. The summed E-state index contributed by atoms with van der Waals surface area (Å²) < 4.78 is 5.51. The Labute approximate surface area is 127 Å². The van der Waals surface area contributed by atoms with Crippen LogP contribution in [0.2, 0.25) is 0 Å². The summed E-state index contributed by atoms with van der Waals surface area (Å²) in [6.07, 6.45) is 0. The van der Waals surface area contributed by atoms with Crippen LogP contribution >= 0.6 is 0 Å². The second kappa shape index (κ2) is 7.02. The minimum absolute atomic E-state index is 0.699. The molecule has 0 saturated heterocycles. The zero-order chi connectivity index (χ0) is 15.2. The van der Waals surface area contributed by atoms with Crippen LogP contribution in [-0.4, -0.2) is 20.7 Å². The lowest BCUT2D eigenvalue weighted by atomic mass is 10.1. The van der Waals surface area contributed by atoms with Gasteiger partial charge in [0.2, 0.25) is 0 Å². The van der Waals surface area contributed by atoms with Crippen LogP contribution < -0.4 is 15.0 Å². The summed E-state index contributed by atoms with van der Waals surface area (Å²) in [5.41, 5.74) is 4.84. The molecule has 0 aliphatic rings. The fourth-order valence-corrected chi connectivity index (χ4v) is 2.20. The van der Waals surface area contributed by atoms with Crippen molar-refractivity contribution in [2.45, 2.75) is 20.4 Å². The molecular formula is C18H24N2O. The van der Waals surface area contributed by atoms with Gasteiger partial charge in [-0.1, -0.05) is 12.1 Å². The number of nitrogens with zero attached hydrogens (tertiary/aromatic N) is 1. The van der Waals surface area contributed by atoms with Gasteiger partial charge in [-0.15, -0.1) is 0 Å². The van der Waals surface area contributed by atoms with Gasteiger partial charge in [-0.05, 0) is 55.3 Å². The van der Waals surface area contributed by atoms with E-state index in [-0.39, 0.29) is 0 Å². The Hall–Kier alpha value is -2.16. The fraction of sp³-hybridized carbons (Fsp3) is 0.333. The predicted molar refractivity (Wildman–Crippen MR) is 90.4 cm³/mol. The van der Waals surface area contributed by atoms with E-state index in [2.05, 4.69) is 67.6 Å². The molecular weight excluding hydrogens is 260 g/mol. The quantitative estimate of drug-likeness (QED) is 0.865. The molecule has 3 nitrogen and oxygen atoms in total. The molecule has 0 aromatic heterocycles. The van der Waals surface area contributed by atoms with Crippen molar-refractivity contribution in [2.24, 2.45) is 0 Å². The summed E-state index contributed by atoms with van der Waals surface area (Å²) in [5.74, 6) is 0.927. The van der Waals surface area contributed by atoms with Crippen molar-refractivity contribution in [3.63, 3.8) is 0 Å². The van der Waals surface area contributed by atoms with Gasteiger partial charge in [-0.3, -0.25) is 0 Å². The smallest absolute Gasteiger partial charge is 0.119 e. The second-order valence-corrected chi connectivity index (χ2v) is 5.32. The summed E-state index contributed by atoms with van der Waals surface area (Å²) in [6, 6.07) is 14.8. The molecule has 0 aliphatic heterocycles. The van der Waals surface area contributed by atoms with Crippen LogP contribution in [0.25, 0.3) is 0 Å². The van der Waals surface area contributed by atoms with Crippen molar-refractivity contribution < 1.29 is 4.74 Å². The van der Waals surface area contributed by atoms with Gasteiger partial charge < -0.3 is 15.0 Å². The molecule has 0 saturated carbocycles. The van der Waals surface area contributed by atoms with Crippen LogP contribution in [0.4, 0.5) is 11.4 Å². The van der Waals surface area contributed by atoms with E-state index < -0.39 is 0 Å². The molecule has 3 heteroatoms. The van der Waals surface area contributed by atoms with E-state index in [0.717, 1.165) is 18.0 Å². The van der Waals surface area contributed by atoms with Crippen molar-refractivity contribution in [1.82, 2.24) is 0 Å². The molecule has 2 aromatic rings. The zero-order valence-corrected chi connectivity index (χ0v) is 13.3. The summed E-state index contributed by atoms with van der Waals surface area (Å²) in [4.78, 5) is 2.10. The Kier molecular flexibility index (Phi) is 5.09. The van der Waals surface area contributed by atoms with E-state index in [9.17, 15) is 0 Å². The predicted octanol–water partition coefficient (Wildman–Crippen LogP) is 4.07. The van der Waals surface area contributed by atoms with Gasteiger partial charge in [0.15, 0.2) is 0 Å². The molecule has 2 rings (SSSR count). The average molecular weight is 284 g/mol. The lowest BCUT2D eigenvalue weighted by molar-refractivity contribution is 0.340. The third kappa shape index (κ3) is 4.15. The molecule has 0 radical (unpaired) electrons. The molecule has 0 fully saturated rings. The Balaban J connectivity index is 1.99. The van der Waals surface area contributed by atoms with Crippen LogP contribution in [0, 0.1) is 6.92 Å². The lowest BCUT2D eigenvalue weighted by Crippen LogP contribution is -2.08. The molecule has 0 atom stereocenters. The van der Waals surface area contributed by atoms with Gasteiger partial charge in [0, 0.05) is 32.0 Å². The average Bonchev–Trinajstić information content (AvgIpc) is 2.47. The van der Waals surface area contributed by atoms with Crippen LogP contribution in [-0.2, 0) is 6.54 Å². The summed E-state index contributed by atoms with van der Waals surface area (Å²) >= 11 is 0. The van der Waals surface area contributed by atoms with Crippen molar-refractivity contribution in [2.75, 3.05) is 30.9 Å². The van der Waals surface area contributed by atoms with Crippen molar-refractivity contribution in [1.29, 1.82) is 0 Å². The maximum absolute atomic E-state index is 5.51. The fourth-order valence-electron chi connectivity index (χ4n) is 2.20. The van der Waals surface area contributed by atoms with Gasteiger partial charge in [-0.2, -0.15) is 0 Å².